The van der Waals surface area contributed by atoms with Crippen LogP contribution in [-0.4, -0.2) is 17.7 Å². The first-order chi connectivity index (χ1) is 10.1. The molecule has 1 rings (SSSR count). The Morgan fingerprint density at radius 2 is 1.90 bits per heavy atom. The number of hydrogen-bond acceptors (Lipinski definition) is 3. The lowest BCUT2D eigenvalue weighted by molar-refractivity contribution is -0.144. The summed E-state index contributed by atoms with van der Waals surface area (Å²) in [6.45, 7) is 6.29. The molecule has 21 heavy (non-hydrogen) atoms. The quantitative estimate of drug-likeness (QED) is 0.613. The van der Waals surface area contributed by atoms with Crippen molar-refractivity contribution in [1.82, 2.24) is 0 Å². The molecule has 1 aromatic carbocycles. The third-order valence-corrected chi connectivity index (χ3v) is 3.53. The maximum atomic E-state index is 11.9. The number of allylic oxidation sites excluding steroid dienone is 2. The van der Waals surface area contributed by atoms with Crippen LogP contribution in [0.4, 0.5) is 0 Å². The van der Waals surface area contributed by atoms with Crippen LogP contribution in [0.1, 0.15) is 39.2 Å². The molecule has 0 saturated heterocycles. The molecule has 0 aliphatic heterocycles. The van der Waals surface area contributed by atoms with E-state index in [4.69, 9.17) is 9.84 Å². The lowest BCUT2D eigenvalue weighted by atomic mass is 9.98. The highest BCUT2D eigenvalue weighted by Gasteiger charge is 2.10. The number of carbonyl (C=O) groups is 1. The molecule has 0 bridgehead atoms. The summed E-state index contributed by atoms with van der Waals surface area (Å²) in [7, 11) is 0. The molecule has 0 aromatic heterocycles. The molecule has 3 heteroatoms. The van der Waals surface area contributed by atoms with E-state index in [1.54, 1.807) is 0 Å². The van der Waals surface area contributed by atoms with Gasteiger partial charge in [-0.1, -0.05) is 42.0 Å². The van der Waals surface area contributed by atoms with Crippen molar-refractivity contribution < 1.29 is 14.6 Å². The highest BCUT2D eigenvalue weighted by atomic mass is 16.5. The van der Waals surface area contributed by atoms with E-state index in [1.807, 2.05) is 57.2 Å². The highest BCUT2D eigenvalue weighted by Crippen LogP contribution is 2.20. The fourth-order valence-corrected chi connectivity index (χ4v) is 2.03. The van der Waals surface area contributed by atoms with Crippen molar-refractivity contribution in [1.29, 1.82) is 0 Å². The van der Waals surface area contributed by atoms with Gasteiger partial charge in [0.1, 0.15) is 6.61 Å². The number of hydrogen-bond donors (Lipinski definition) is 1. The number of benzene rings is 1. The molecular weight excluding hydrogens is 264 g/mol. The molecule has 0 aliphatic carbocycles. The standard InChI is InChI=1S/C18H24O3/c1-4-17(15(3)14(2)10-11-19)12-18(20)21-13-16-8-6-5-7-9-16/h4-9,19H,10-13H2,1-3H3/b15-14+,17-4-. The molecule has 0 atom stereocenters. The number of aliphatic hydroxyl groups excluding tert-OH is 1. The van der Waals surface area contributed by atoms with Gasteiger partial charge >= 0.3 is 5.97 Å². The van der Waals surface area contributed by atoms with E-state index in [1.165, 1.54) is 0 Å². The maximum Gasteiger partial charge on any atom is 0.310 e. The van der Waals surface area contributed by atoms with Crippen molar-refractivity contribution in [2.45, 2.75) is 40.2 Å². The summed E-state index contributed by atoms with van der Waals surface area (Å²) in [5, 5.41) is 8.99. The highest BCUT2D eigenvalue weighted by molar-refractivity contribution is 5.74. The fourth-order valence-electron chi connectivity index (χ4n) is 2.03. The molecule has 0 aliphatic rings. The summed E-state index contributed by atoms with van der Waals surface area (Å²) in [4.78, 5) is 11.9. The Bertz CT molecular complexity index is 513. The van der Waals surface area contributed by atoms with Crippen molar-refractivity contribution in [2.75, 3.05) is 6.61 Å². The van der Waals surface area contributed by atoms with Crippen molar-refractivity contribution in [3.63, 3.8) is 0 Å². The molecule has 0 unspecified atom stereocenters. The van der Waals surface area contributed by atoms with Gasteiger partial charge in [-0.05, 0) is 43.9 Å². The van der Waals surface area contributed by atoms with Crippen LogP contribution in [0.15, 0.2) is 53.1 Å². The normalized spacial score (nSPS) is 12.9. The zero-order valence-corrected chi connectivity index (χ0v) is 13.1. The number of esters is 1. The van der Waals surface area contributed by atoms with E-state index in [2.05, 4.69) is 0 Å². The largest absolute Gasteiger partial charge is 0.461 e. The second-order valence-corrected chi connectivity index (χ2v) is 5.02. The van der Waals surface area contributed by atoms with Gasteiger partial charge in [-0.3, -0.25) is 4.79 Å². The monoisotopic (exact) mass is 288 g/mol. The zero-order valence-electron chi connectivity index (χ0n) is 13.1. The summed E-state index contributed by atoms with van der Waals surface area (Å²) in [5.74, 6) is -0.233. The van der Waals surface area contributed by atoms with Gasteiger partial charge in [-0.15, -0.1) is 0 Å². The van der Waals surface area contributed by atoms with Crippen molar-refractivity contribution in [2.24, 2.45) is 0 Å². The van der Waals surface area contributed by atoms with E-state index < -0.39 is 0 Å². The van der Waals surface area contributed by atoms with Gasteiger partial charge in [0.05, 0.1) is 6.42 Å². The molecule has 0 heterocycles. The Hall–Kier alpha value is -1.87. The van der Waals surface area contributed by atoms with Crippen LogP contribution in [0.2, 0.25) is 0 Å². The molecule has 0 amide bonds. The van der Waals surface area contributed by atoms with E-state index in [9.17, 15) is 4.79 Å². The topological polar surface area (TPSA) is 46.5 Å². The van der Waals surface area contributed by atoms with Crippen molar-refractivity contribution in [3.8, 4) is 0 Å². The average molecular weight is 288 g/mol. The molecule has 0 spiro atoms. The number of ether oxygens (including phenoxy) is 1. The van der Waals surface area contributed by atoms with Crippen LogP contribution in [0.3, 0.4) is 0 Å². The molecule has 0 radical (unpaired) electrons. The van der Waals surface area contributed by atoms with Crippen LogP contribution in [0.5, 0.6) is 0 Å². The summed E-state index contributed by atoms with van der Waals surface area (Å²) >= 11 is 0. The summed E-state index contributed by atoms with van der Waals surface area (Å²) in [6.07, 6.45) is 2.82. The minimum Gasteiger partial charge on any atom is -0.461 e. The van der Waals surface area contributed by atoms with E-state index >= 15 is 0 Å². The first-order valence-electron chi connectivity index (χ1n) is 7.20. The van der Waals surface area contributed by atoms with Crippen LogP contribution >= 0.6 is 0 Å². The predicted molar refractivity (Wildman–Crippen MR) is 84.7 cm³/mol. The Balaban J connectivity index is 2.58. The Kier molecular flexibility index (Phi) is 7.48. The Morgan fingerprint density at radius 3 is 2.48 bits per heavy atom. The smallest absolute Gasteiger partial charge is 0.310 e. The summed E-state index contributed by atoms with van der Waals surface area (Å²) in [6, 6.07) is 9.64. The van der Waals surface area contributed by atoms with Crippen LogP contribution in [0, 0.1) is 0 Å². The van der Waals surface area contributed by atoms with Gasteiger partial charge < -0.3 is 9.84 Å². The van der Waals surface area contributed by atoms with Gasteiger partial charge in [-0.2, -0.15) is 0 Å². The zero-order chi connectivity index (χ0) is 15.7. The van der Waals surface area contributed by atoms with Gasteiger partial charge in [0.25, 0.3) is 0 Å². The molecule has 1 aromatic rings. The van der Waals surface area contributed by atoms with E-state index in [-0.39, 0.29) is 19.0 Å². The second kappa shape index (κ2) is 9.14. The summed E-state index contributed by atoms with van der Waals surface area (Å²) < 4.78 is 5.30. The lowest BCUT2D eigenvalue weighted by Gasteiger charge is -2.11. The number of rotatable bonds is 7. The maximum absolute atomic E-state index is 11.9. The molecule has 0 saturated carbocycles. The second-order valence-electron chi connectivity index (χ2n) is 5.02. The Morgan fingerprint density at radius 1 is 1.24 bits per heavy atom. The fraction of sp³-hybridized carbons (Fsp3) is 0.389. The average Bonchev–Trinajstić information content (AvgIpc) is 2.51. The van der Waals surface area contributed by atoms with E-state index in [0.717, 1.165) is 22.3 Å². The Labute approximate surface area is 127 Å². The first-order valence-corrected chi connectivity index (χ1v) is 7.20. The molecule has 114 valence electrons. The van der Waals surface area contributed by atoms with Crippen LogP contribution in [-0.2, 0) is 16.1 Å². The van der Waals surface area contributed by atoms with Gasteiger partial charge in [0.15, 0.2) is 0 Å². The third-order valence-electron chi connectivity index (χ3n) is 3.53. The van der Waals surface area contributed by atoms with Gasteiger partial charge in [0.2, 0.25) is 0 Å². The van der Waals surface area contributed by atoms with Crippen LogP contribution in [0.25, 0.3) is 0 Å². The third kappa shape index (κ3) is 5.96. The molecule has 1 N–H and O–H groups in total. The SMILES string of the molecule is C/C=C(CC(=O)OCc1ccccc1)\C(C)=C(/C)CCO. The lowest BCUT2D eigenvalue weighted by Crippen LogP contribution is -2.07. The minimum atomic E-state index is -0.233. The number of carbonyl (C=O) groups excluding carboxylic acids is 1. The first kappa shape index (κ1) is 17.2. The predicted octanol–water partition coefficient (Wildman–Crippen LogP) is 3.79. The molecule has 3 nitrogen and oxygen atoms in total. The summed E-state index contributed by atoms with van der Waals surface area (Å²) in [5.41, 5.74) is 4.10. The van der Waals surface area contributed by atoms with Crippen molar-refractivity contribution >= 4 is 5.97 Å². The molecular formula is C18H24O3. The van der Waals surface area contributed by atoms with E-state index in [0.29, 0.717) is 13.0 Å². The van der Waals surface area contributed by atoms with Crippen LogP contribution < -0.4 is 0 Å². The minimum absolute atomic E-state index is 0.124. The van der Waals surface area contributed by atoms with Gasteiger partial charge in [-0.25, -0.2) is 0 Å². The molecule has 0 fully saturated rings. The van der Waals surface area contributed by atoms with Crippen molar-refractivity contribution in [3.05, 3.63) is 58.7 Å². The number of aliphatic hydroxyl groups is 1. The van der Waals surface area contributed by atoms with Gasteiger partial charge in [0, 0.05) is 6.61 Å².